The zero-order chi connectivity index (χ0) is 26.8. The largest absolute Gasteiger partial charge is 0.383 e. The van der Waals surface area contributed by atoms with Crippen molar-refractivity contribution in [1.29, 1.82) is 0 Å². The van der Waals surface area contributed by atoms with E-state index in [2.05, 4.69) is 15.1 Å². The van der Waals surface area contributed by atoms with Gasteiger partial charge in [0.2, 0.25) is 0 Å². The summed E-state index contributed by atoms with van der Waals surface area (Å²) in [6.45, 7) is 4.56. The number of ketones is 1. The van der Waals surface area contributed by atoms with Crippen LogP contribution >= 0.6 is 11.3 Å². The van der Waals surface area contributed by atoms with Gasteiger partial charge < -0.3 is 15.7 Å². The molecule has 0 unspecified atom stereocenters. The van der Waals surface area contributed by atoms with Crippen LogP contribution < -0.4 is 5.73 Å². The summed E-state index contributed by atoms with van der Waals surface area (Å²) in [4.78, 5) is 41.5. The number of thiazole rings is 1. The highest BCUT2D eigenvalue weighted by Gasteiger charge is 2.47. The van der Waals surface area contributed by atoms with Crippen LogP contribution in [0, 0.1) is 0 Å². The highest BCUT2D eigenvalue weighted by atomic mass is 32.1. The summed E-state index contributed by atoms with van der Waals surface area (Å²) in [7, 11) is 0. The van der Waals surface area contributed by atoms with Crippen molar-refractivity contribution in [3.05, 3.63) is 47.4 Å². The average Bonchev–Trinajstić information content (AvgIpc) is 3.61. The third-order valence-corrected chi connectivity index (χ3v) is 8.46. The molecular formula is C27H29N7O3S. The second kappa shape index (κ2) is 8.95. The molecule has 0 spiro atoms. The van der Waals surface area contributed by atoms with E-state index in [1.165, 1.54) is 36.6 Å². The number of aliphatic hydroxyl groups is 1. The number of nitrogen functional groups attached to an aromatic ring is 1. The first-order chi connectivity index (χ1) is 18.1. The molecule has 6 rings (SSSR count). The maximum absolute atomic E-state index is 13.0. The number of anilines is 1. The van der Waals surface area contributed by atoms with Gasteiger partial charge in [-0.2, -0.15) is 9.61 Å². The predicted octanol–water partition coefficient (Wildman–Crippen LogP) is 3.71. The van der Waals surface area contributed by atoms with Crippen molar-refractivity contribution < 1.29 is 14.7 Å². The Labute approximate surface area is 223 Å². The Morgan fingerprint density at radius 3 is 2.45 bits per heavy atom. The minimum absolute atomic E-state index is 0.0104. The molecule has 2 fully saturated rings. The Bertz CT molecular complexity index is 1530. The summed E-state index contributed by atoms with van der Waals surface area (Å²) in [5, 5.41) is 17.6. The van der Waals surface area contributed by atoms with Crippen LogP contribution in [0.2, 0.25) is 0 Å². The van der Waals surface area contributed by atoms with Crippen molar-refractivity contribution in [2.75, 3.05) is 5.73 Å². The van der Waals surface area contributed by atoms with Gasteiger partial charge in [-0.3, -0.25) is 14.6 Å². The van der Waals surface area contributed by atoms with Gasteiger partial charge in [-0.1, -0.05) is 6.07 Å². The van der Waals surface area contributed by atoms with E-state index in [0.717, 1.165) is 34.7 Å². The number of rotatable bonds is 5. The Morgan fingerprint density at radius 1 is 1.13 bits per heavy atom. The Morgan fingerprint density at radius 2 is 1.87 bits per heavy atom. The average molecular weight is 532 g/mol. The summed E-state index contributed by atoms with van der Waals surface area (Å²) >= 11 is 1.53. The van der Waals surface area contributed by atoms with Crippen molar-refractivity contribution in [2.45, 2.75) is 70.1 Å². The highest BCUT2D eigenvalue weighted by Crippen LogP contribution is 2.45. The van der Waals surface area contributed by atoms with E-state index in [-0.39, 0.29) is 35.5 Å². The highest BCUT2D eigenvalue weighted by molar-refractivity contribution is 7.13. The van der Waals surface area contributed by atoms with Gasteiger partial charge in [-0.15, -0.1) is 11.3 Å². The molecule has 38 heavy (non-hydrogen) atoms. The lowest BCUT2D eigenvalue weighted by Gasteiger charge is -2.41. The zero-order valence-electron chi connectivity index (χ0n) is 21.5. The quantitative estimate of drug-likeness (QED) is 0.372. The second-order valence-corrected chi connectivity index (χ2v) is 11.6. The van der Waals surface area contributed by atoms with Gasteiger partial charge in [0.25, 0.3) is 5.91 Å². The molecule has 0 saturated carbocycles. The first-order valence-electron chi connectivity index (χ1n) is 12.7. The fraction of sp³-hybridized carbons (Fsp3) is 0.407. The molecule has 2 saturated heterocycles. The molecule has 2 aliphatic rings. The summed E-state index contributed by atoms with van der Waals surface area (Å²) in [5.41, 5.74) is 9.12. The normalized spacial score (nSPS) is 21.3. The number of carbonyl (C=O) groups excluding carboxylic acids is 2. The van der Waals surface area contributed by atoms with E-state index >= 15 is 0 Å². The van der Waals surface area contributed by atoms with Crippen LogP contribution in [0.15, 0.2) is 36.1 Å². The SMILES string of the molecule is CC(=O)c1c([C@@H]2C[C@H]3CC[C@@H](C2)N3C(=O)C(C)(C)O)nc2c(-c3ccc(-c4nccs4)nc3)cnn2c1N. The summed E-state index contributed by atoms with van der Waals surface area (Å²) < 4.78 is 1.52. The van der Waals surface area contributed by atoms with Crippen molar-refractivity contribution in [3.63, 3.8) is 0 Å². The Hall–Kier alpha value is -3.70. The molecule has 0 radical (unpaired) electrons. The van der Waals surface area contributed by atoms with E-state index in [1.54, 1.807) is 18.6 Å². The topological polar surface area (TPSA) is 140 Å². The maximum atomic E-state index is 13.0. The minimum atomic E-state index is -1.42. The number of pyridine rings is 1. The third kappa shape index (κ3) is 3.97. The lowest BCUT2D eigenvalue weighted by molar-refractivity contribution is -0.152. The maximum Gasteiger partial charge on any atom is 0.254 e. The monoisotopic (exact) mass is 531 g/mol. The van der Waals surface area contributed by atoms with Crippen LogP contribution in [-0.2, 0) is 4.79 Å². The first-order valence-corrected chi connectivity index (χ1v) is 13.6. The summed E-state index contributed by atoms with van der Waals surface area (Å²) in [6, 6.07) is 3.85. The van der Waals surface area contributed by atoms with Crippen molar-refractivity contribution in [3.8, 4) is 21.8 Å². The fourth-order valence-electron chi connectivity index (χ4n) is 5.97. The molecule has 6 heterocycles. The fourth-order valence-corrected chi connectivity index (χ4v) is 6.58. The number of nitrogens with two attached hydrogens (primary N) is 1. The van der Waals surface area contributed by atoms with Crippen LogP contribution in [0.5, 0.6) is 0 Å². The number of hydrogen-bond donors (Lipinski definition) is 2. The number of aromatic nitrogens is 5. The molecule has 1 amide bonds. The van der Waals surface area contributed by atoms with Crippen molar-refractivity contribution in [1.82, 2.24) is 29.5 Å². The van der Waals surface area contributed by atoms with Gasteiger partial charge in [0.05, 0.1) is 23.1 Å². The van der Waals surface area contributed by atoms with Gasteiger partial charge in [0, 0.05) is 46.9 Å². The lowest BCUT2D eigenvalue weighted by atomic mass is 9.84. The first kappa shape index (κ1) is 24.6. The number of hydrogen-bond acceptors (Lipinski definition) is 9. The number of fused-ring (bicyclic) bond motifs is 3. The Kier molecular flexibility index (Phi) is 5.80. The summed E-state index contributed by atoms with van der Waals surface area (Å²) in [5.74, 6) is -0.193. The van der Waals surface area contributed by atoms with Gasteiger partial charge in [-0.25, -0.2) is 9.97 Å². The van der Waals surface area contributed by atoms with Gasteiger partial charge in [0.1, 0.15) is 16.4 Å². The number of piperidine rings is 1. The second-order valence-electron chi connectivity index (χ2n) is 10.7. The lowest BCUT2D eigenvalue weighted by Crippen LogP contribution is -2.53. The van der Waals surface area contributed by atoms with Crippen LogP contribution in [0.25, 0.3) is 27.5 Å². The van der Waals surface area contributed by atoms with E-state index in [9.17, 15) is 14.7 Å². The smallest absolute Gasteiger partial charge is 0.254 e. The van der Waals surface area contributed by atoms with Crippen LogP contribution in [0.1, 0.15) is 68.4 Å². The number of nitrogens with zero attached hydrogens (tertiary/aromatic N) is 6. The molecule has 3 atom stereocenters. The zero-order valence-corrected chi connectivity index (χ0v) is 22.3. The van der Waals surface area contributed by atoms with E-state index in [4.69, 9.17) is 10.7 Å². The number of amides is 1. The standard InChI is InChI=1S/C27H29N7O3S/c1-14(35)21-22(16-10-17-5-6-18(11-16)33(17)26(36)27(2,3)37)32-24-19(13-31-34(24)23(21)28)15-4-7-20(30-12-15)25-29-8-9-38-25/h4,7-9,12-13,16-18,37H,5-6,10-11,28H2,1-3H3/t16-,17-,18+. The van der Waals surface area contributed by atoms with Crippen LogP contribution in [0.4, 0.5) is 5.82 Å². The molecule has 4 aromatic rings. The van der Waals surface area contributed by atoms with Gasteiger partial charge in [-0.05, 0) is 52.5 Å². The molecule has 4 aromatic heterocycles. The molecule has 10 nitrogen and oxygen atoms in total. The molecule has 2 bridgehead atoms. The number of carbonyl (C=O) groups is 2. The predicted molar refractivity (Wildman–Crippen MR) is 144 cm³/mol. The van der Waals surface area contributed by atoms with E-state index in [1.807, 2.05) is 22.4 Å². The van der Waals surface area contributed by atoms with Gasteiger partial charge in [0.15, 0.2) is 11.4 Å². The Balaban J connectivity index is 1.40. The molecule has 11 heteroatoms. The molecule has 196 valence electrons. The van der Waals surface area contributed by atoms with Gasteiger partial charge >= 0.3 is 0 Å². The summed E-state index contributed by atoms with van der Waals surface area (Å²) in [6.07, 6.45) is 8.27. The third-order valence-electron chi connectivity index (χ3n) is 7.67. The van der Waals surface area contributed by atoms with E-state index in [0.29, 0.717) is 29.7 Å². The molecule has 0 aliphatic carbocycles. The van der Waals surface area contributed by atoms with Crippen molar-refractivity contribution in [2.24, 2.45) is 0 Å². The number of Topliss-reactive ketones (excluding diaryl/α,β-unsaturated/α-hetero) is 1. The molecular weight excluding hydrogens is 502 g/mol. The van der Waals surface area contributed by atoms with Crippen LogP contribution in [-0.4, -0.2) is 63.9 Å². The molecule has 2 aliphatic heterocycles. The molecule has 3 N–H and O–H groups in total. The van der Waals surface area contributed by atoms with Crippen molar-refractivity contribution >= 4 is 34.5 Å². The van der Waals surface area contributed by atoms with E-state index < -0.39 is 5.60 Å². The van der Waals surface area contributed by atoms with Crippen LogP contribution in [0.3, 0.4) is 0 Å². The molecule has 0 aromatic carbocycles. The minimum Gasteiger partial charge on any atom is -0.383 e.